The largest absolute Gasteiger partial charge is 0.344 e. The van der Waals surface area contributed by atoms with Crippen LogP contribution < -0.4 is 0 Å². The smallest absolute Gasteiger partial charge is 0.242 e. The van der Waals surface area contributed by atoms with Crippen molar-refractivity contribution < 1.29 is 4.79 Å². The highest BCUT2D eigenvalue weighted by molar-refractivity contribution is 6.28. The topological polar surface area (TPSA) is 65.1 Å². The van der Waals surface area contributed by atoms with E-state index in [1.807, 2.05) is 11.9 Å². The van der Waals surface area contributed by atoms with E-state index in [0.717, 1.165) is 19.5 Å². The summed E-state index contributed by atoms with van der Waals surface area (Å²) in [4.78, 5) is 20.5. The van der Waals surface area contributed by atoms with E-state index in [0.29, 0.717) is 24.7 Å². The number of hydrogen-bond acceptors (Lipinski definition) is 4. The van der Waals surface area contributed by atoms with Crippen molar-refractivity contribution in [2.24, 2.45) is 0 Å². The Labute approximate surface area is 146 Å². The normalized spacial score (nSPS) is 17.5. The van der Waals surface area contributed by atoms with Crippen molar-refractivity contribution in [1.82, 2.24) is 25.0 Å². The summed E-state index contributed by atoms with van der Waals surface area (Å²) in [5.41, 5.74) is 2.77. The number of amides is 1. The Bertz CT molecular complexity index is 717. The number of carbonyl (C=O) groups is 1. The molecule has 0 spiro atoms. The lowest BCUT2D eigenvalue weighted by Gasteiger charge is -2.36. The van der Waals surface area contributed by atoms with E-state index in [1.54, 1.807) is 0 Å². The first-order chi connectivity index (χ1) is 11.5. The van der Waals surface area contributed by atoms with Gasteiger partial charge < -0.3 is 4.90 Å². The highest BCUT2D eigenvalue weighted by atomic mass is 35.5. The average Bonchev–Trinajstić information content (AvgIpc) is 2.98. The van der Waals surface area contributed by atoms with Crippen LogP contribution in [0.1, 0.15) is 23.4 Å². The van der Waals surface area contributed by atoms with Crippen molar-refractivity contribution >= 4 is 17.5 Å². The number of rotatable bonds is 5. The van der Waals surface area contributed by atoms with Crippen LogP contribution in [0.3, 0.4) is 0 Å². The molecule has 0 radical (unpaired) electrons. The SMILES string of the molecule is CN(C[C@@H]1Cc2ccccc2CN1C)C(=O)CCc1nc(Cl)n[nH]1. The molecule has 0 bridgehead atoms. The van der Waals surface area contributed by atoms with Gasteiger partial charge in [0.25, 0.3) is 0 Å². The molecule has 2 aromatic rings. The van der Waals surface area contributed by atoms with Crippen molar-refractivity contribution in [2.75, 3.05) is 20.6 Å². The van der Waals surface area contributed by atoms with Crippen LogP contribution in [0.5, 0.6) is 0 Å². The number of benzene rings is 1. The molecule has 24 heavy (non-hydrogen) atoms. The van der Waals surface area contributed by atoms with Crippen LogP contribution >= 0.6 is 11.6 Å². The van der Waals surface area contributed by atoms with Crippen LogP contribution in [0.2, 0.25) is 5.28 Å². The van der Waals surface area contributed by atoms with Crippen molar-refractivity contribution in [2.45, 2.75) is 31.8 Å². The lowest BCUT2D eigenvalue weighted by molar-refractivity contribution is -0.130. The number of likely N-dealkylation sites (N-methyl/N-ethyl adjacent to an activating group) is 2. The molecule has 6 nitrogen and oxygen atoms in total. The number of aromatic nitrogens is 3. The molecular formula is C17H22ClN5O. The number of hydrogen-bond donors (Lipinski definition) is 1. The summed E-state index contributed by atoms with van der Waals surface area (Å²) >= 11 is 5.67. The van der Waals surface area contributed by atoms with E-state index in [4.69, 9.17) is 11.6 Å². The quantitative estimate of drug-likeness (QED) is 0.897. The van der Waals surface area contributed by atoms with Crippen molar-refractivity contribution in [3.8, 4) is 0 Å². The van der Waals surface area contributed by atoms with E-state index in [1.165, 1.54) is 11.1 Å². The van der Waals surface area contributed by atoms with E-state index in [-0.39, 0.29) is 11.2 Å². The Kier molecular flexibility index (Phi) is 5.16. The van der Waals surface area contributed by atoms with Gasteiger partial charge in [-0.3, -0.25) is 14.8 Å². The van der Waals surface area contributed by atoms with Crippen LogP contribution in [0.4, 0.5) is 0 Å². The Hall–Kier alpha value is -1.92. The Morgan fingerprint density at radius 2 is 2.17 bits per heavy atom. The number of halogens is 1. The minimum Gasteiger partial charge on any atom is -0.344 e. The van der Waals surface area contributed by atoms with Gasteiger partial charge in [0.15, 0.2) is 0 Å². The summed E-state index contributed by atoms with van der Waals surface area (Å²) in [6.07, 6.45) is 1.89. The summed E-state index contributed by atoms with van der Waals surface area (Å²) in [6, 6.07) is 8.87. The van der Waals surface area contributed by atoms with Crippen molar-refractivity contribution in [3.05, 3.63) is 46.5 Å². The summed E-state index contributed by atoms with van der Waals surface area (Å²) in [5, 5.41) is 6.68. The molecule has 1 amide bonds. The van der Waals surface area contributed by atoms with Crippen LogP contribution in [-0.2, 0) is 24.2 Å². The zero-order valence-corrected chi connectivity index (χ0v) is 14.8. The van der Waals surface area contributed by atoms with Gasteiger partial charge in [0.2, 0.25) is 11.2 Å². The summed E-state index contributed by atoms with van der Waals surface area (Å²) in [6.45, 7) is 1.65. The molecule has 0 saturated carbocycles. The molecule has 1 aromatic heterocycles. The van der Waals surface area contributed by atoms with Gasteiger partial charge in [-0.15, -0.1) is 5.10 Å². The molecule has 1 atom stereocenters. The number of nitrogens with one attached hydrogen (secondary N) is 1. The molecule has 2 heterocycles. The van der Waals surface area contributed by atoms with Gasteiger partial charge >= 0.3 is 0 Å². The second-order valence-corrected chi connectivity index (χ2v) is 6.71. The van der Waals surface area contributed by atoms with Gasteiger partial charge in [0.1, 0.15) is 5.82 Å². The Balaban J connectivity index is 1.54. The minimum atomic E-state index is 0.106. The number of H-pyrrole nitrogens is 1. The van der Waals surface area contributed by atoms with Crippen LogP contribution in [0, 0.1) is 0 Å². The van der Waals surface area contributed by atoms with E-state index in [9.17, 15) is 4.79 Å². The third-order valence-corrected chi connectivity index (χ3v) is 4.78. The highest BCUT2D eigenvalue weighted by Crippen LogP contribution is 2.22. The maximum atomic E-state index is 12.4. The predicted octanol–water partition coefficient (Wildman–Crippen LogP) is 1.91. The Morgan fingerprint density at radius 3 is 2.88 bits per heavy atom. The molecular weight excluding hydrogens is 326 g/mol. The molecule has 1 aromatic carbocycles. The van der Waals surface area contributed by atoms with Crippen LogP contribution in [0.25, 0.3) is 0 Å². The second kappa shape index (κ2) is 7.32. The number of aromatic amines is 1. The third-order valence-electron chi connectivity index (χ3n) is 4.61. The Morgan fingerprint density at radius 1 is 1.42 bits per heavy atom. The molecule has 1 N–H and O–H groups in total. The fourth-order valence-corrected chi connectivity index (χ4v) is 3.28. The standard InChI is InChI=1S/C17H22ClN5O/c1-22-10-13-6-4-3-5-12(13)9-14(22)11-23(2)16(24)8-7-15-19-17(18)21-20-15/h3-6,14H,7-11H2,1-2H3,(H,19,20,21)/t14-/m0/s1. The summed E-state index contributed by atoms with van der Waals surface area (Å²) < 4.78 is 0. The molecule has 0 unspecified atom stereocenters. The second-order valence-electron chi connectivity index (χ2n) is 6.37. The zero-order valence-electron chi connectivity index (χ0n) is 14.0. The zero-order chi connectivity index (χ0) is 17.1. The van der Waals surface area contributed by atoms with Crippen molar-refractivity contribution in [1.29, 1.82) is 0 Å². The van der Waals surface area contributed by atoms with Crippen LogP contribution in [-0.4, -0.2) is 57.6 Å². The van der Waals surface area contributed by atoms with E-state index >= 15 is 0 Å². The molecule has 0 aliphatic carbocycles. The molecule has 0 saturated heterocycles. The molecule has 128 valence electrons. The van der Waals surface area contributed by atoms with Gasteiger partial charge in [0.05, 0.1) is 0 Å². The monoisotopic (exact) mass is 347 g/mol. The lowest BCUT2D eigenvalue weighted by Crippen LogP contribution is -2.46. The highest BCUT2D eigenvalue weighted by Gasteiger charge is 2.25. The third kappa shape index (κ3) is 3.94. The fourth-order valence-electron chi connectivity index (χ4n) is 3.14. The predicted molar refractivity (Wildman–Crippen MR) is 92.8 cm³/mol. The van der Waals surface area contributed by atoms with Gasteiger partial charge in [0, 0.05) is 39.0 Å². The van der Waals surface area contributed by atoms with Crippen LogP contribution in [0.15, 0.2) is 24.3 Å². The first-order valence-corrected chi connectivity index (χ1v) is 8.48. The maximum absolute atomic E-state index is 12.4. The van der Waals surface area contributed by atoms with Gasteiger partial charge in [-0.25, -0.2) is 4.98 Å². The average molecular weight is 348 g/mol. The van der Waals surface area contributed by atoms with Gasteiger partial charge in [-0.2, -0.15) is 0 Å². The first kappa shape index (κ1) is 16.9. The van der Waals surface area contributed by atoms with E-state index < -0.39 is 0 Å². The lowest BCUT2D eigenvalue weighted by atomic mass is 9.94. The minimum absolute atomic E-state index is 0.106. The number of carbonyl (C=O) groups excluding carboxylic acids is 1. The van der Waals surface area contributed by atoms with E-state index in [2.05, 4.69) is 51.4 Å². The molecule has 3 rings (SSSR count). The summed E-state index contributed by atoms with van der Waals surface area (Å²) in [5.74, 6) is 0.750. The molecule has 1 aliphatic rings. The molecule has 1 aliphatic heterocycles. The molecule has 0 fully saturated rings. The van der Waals surface area contributed by atoms with Crippen molar-refractivity contribution in [3.63, 3.8) is 0 Å². The molecule has 7 heteroatoms. The number of fused-ring (bicyclic) bond motifs is 1. The number of nitrogens with zero attached hydrogens (tertiary/aromatic N) is 4. The maximum Gasteiger partial charge on any atom is 0.242 e. The number of aryl methyl sites for hydroxylation is 1. The first-order valence-electron chi connectivity index (χ1n) is 8.10. The summed E-state index contributed by atoms with van der Waals surface area (Å²) in [7, 11) is 3.99. The van der Waals surface area contributed by atoms with Gasteiger partial charge in [-0.05, 0) is 36.2 Å². The fraction of sp³-hybridized carbons (Fsp3) is 0.471. The van der Waals surface area contributed by atoms with Gasteiger partial charge in [-0.1, -0.05) is 24.3 Å².